The molecular weight excluding hydrogens is 390 g/mol. The highest BCUT2D eigenvalue weighted by atomic mass is 79.9. The number of esters is 1. The highest BCUT2D eigenvalue weighted by molar-refractivity contribution is 9.10. The second-order valence-electron chi connectivity index (χ2n) is 5.33. The van der Waals surface area contributed by atoms with Crippen molar-refractivity contribution in [3.8, 4) is 16.2 Å². The molecule has 0 atom stereocenters. The molecule has 0 spiro atoms. The number of carbonyl (C=O) groups excluding carboxylic acids is 1. The summed E-state index contributed by atoms with van der Waals surface area (Å²) in [6, 6.07) is 9.70. The van der Waals surface area contributed by atoms with E-state index >= 15 is 0 Å². The van der Waals surface area contributed by atoms with Crippen LogP contribution in [0, 0.1) is 0 Å². The minimum Gasteiger partial charge on any atom is -0.505 e. The van der Waals surface area contributed by atoms with Crippen LogP contribution in [0.1, 0.15) is 30.3 Å². The summed E-state index contributed by atoms with van der Waals surface area (Å²) in [6.45, 7) is 2.34. The molecule has 6 heteroatoms. The van der Waals surface area contributed by atoms with Crippen LogP contribution in [0.3, 0.4) is 0 Å². The number of halogens is 1. The van der Waals surface area contributed by atoms with Crippen LogP contribution in [-0.4, -0.2) is 22.7 Å². The van der Waals surface area contributed by atoms with Gasteiger partial charge in [0.1, 0.15) is 4.60 Å². The molecule has 0 saturated carbocycles. The van der Waals surface area contributed by atoms with E-state index in [1.165, 1.54) is 0 Å². The van der Waals surface area contributed by atoms with Gasteiger partial charge >= 0.3 is 5.97 Å². The summed E-state index contributed by atoms with van der Waals surface area (Å²) < 4.78 is 5.67. The molecule has 3 rings (SSSR count). The first kappa shape index (κ1) is 16.9. The van der Waals surface area contributed by atoms with Crippen LogP contribution in [0.15, 0.2) is 40.3 Å². The summed E-state index contributed by atoms with van der Waals surface area (Å²) in [5, 5.41) is 13.8. The number of carbonyl (C=O) groups is 1. The molecule has 0 aliphatic heterocycles. The number of hydrogen-bond donors (Lipinski definition) is 1. The maximum absolute atomic E-state index is 12.1. The van der Waals surface area contributed by atoms with Crippen molar-refractivity contribution in [1.29, 1.82) is 0 Å². The van der Waals surface area contributed by atoms with Gasteiger partial charge in [0.2, 0.25) is 0 Å². The lowest BCUT2D eigenvalue weighted by Crippen LogP contribution is -2.09. The van der Waals surface area contributed by atoms with Gasteiger partial charge in [-0.05, 0) is 51.5 Å². The molecule has 0 amide bonds. The van der Waals surface area contributed by atoms with Gasteiger partial charge in [-0.25, -0.2) is 9.78 Å². The Morgan fingerprint density at radius 1 is 1.33 bits per heavy atom. The minimum atomic E-state index is -0.606. The number of benzene rings is 1. The second-order valence-corrected chi connectivity index (χ2v) is 7.03. The monoisotopic (exact) mass is 405 g/mol. The zero-order valence-corrected chi connectivity index (χ0v) is 15.5. The van der Waals surface area contributed by atoms with Crippen molar-refractivity contribution >= 4 is 44.0 Å². The molecule has 0 radical (unpaired) electrons. The molecule has 0 bridgehead atoms. The van der Waals surface area contributed by atoms with E-state index in [4.69, 9.17) is 4.74 Å². The average Bonchev–Trinajstić information content (AvgIpc) is 3.12. The van der Waals surface area contributed by atoms with Gasteiger partial charge in [-0.2, -0.15) is 0 Å². The second kappa shape index (κ2) is 7.32. The number of unbranched alkanes of at least 4 members (excludes halogenated alkanes) is 1. The Kier molecular flexibility index (Phi) is 5.16. The molecular formula is C18H16BrNO3S. The van der Waals surface area contributed by atoms with Crippen LogP contribution >= 0.6 is 27.3 Å². The number of pyridine rings is 1. The van der Waals surface area contributed by atoms with Crippen molar-refractivity contribution in [3.63, 3.8) is 0 Å². The number of aromatic nitrogens is 1. The molecule has 1 N–H and O–H groups in total. The van der Waals surface area contributed by atoms with Crippen LogP contribution in [0.5, 0.6) is 5.75 Å². The highest BCUT2D eigenvalue weighted by Crippen LogP contribution is 2.36. The smallest absolute Gasteiger partial charge is 0.360 e. The third kappa shape index (κ3) is 3.30. The van der Waals surface area contributed by atoms with Gasteiger partial charge in [0.05, 0.1) is 6.61 Å². The van der Waals surface area contributed by atoms with Gasteiger partial charge in [0.25, 0.3) is 0 Å². The number of rotatable bonds is 5. The molecule has 0 unspecified atom stereocenters. The van der Waals surface area contributed by atoms with Crippen molar-refractivity contribution in [2.75, 3.05) is 6.61 Å². The van der Waals surface area contributed by atoms with Crippen molar-refractivity contribution in [2.24, 2.45) is 0 Å². The number of nitrogens with zero attached hydrogens (tertiary/aromatic N) is 1. The Morgan fingerprint density at radius 2 is 2.17 bits per heavy atom. The molecule has 2 aromatic heterocycles. The molecule has 0 saturated heterocycles. The Labute approximate surface area is 152 Å². The third-order valence-corrected chi connectivity index (χ3v) is 5.18. The summed E-state index contributed by atoms with van der Waals surface area (Å²) in [7, 11) is 0. The number of thiophene rings is 1. The van der Waals surface area contributed by atoms with E-state index in [0.717, 1.165) is 28.7 Å². The molecule has 0 aliphatic carbocycles. The van der Waals surface area contributed by atoms with Crippen LogP contribution in [0.2, 0.25) is 0 Å². The van der Waals surface area contributed by atoms with E-state index < -0.39 is 5.97 Å². The third-order valence-electron chi connectivity index (χ3n) is 3.66. The molecule has 4 nitrogen and oxygen atoms in total. The summed E-state index contributed by atoms with van der Waals surface area (Å²) in [5.74, 6) is -0.752. The standard InChI is InChI=1S/C18H16BrNO3S/c1-2-3-8-23-18(22)15-16(21)12-7-6-11(14-5-4-9-24-14)10-13(12)17(19)20-15/h4-7,9-10,21H,2-3,8H2,1H3. The summed E-state index contributed by atoms with van der Waals surface area (Å²) in [4.78, 5) is 17.5. The summed E-state index contributed by atoms with van der Waals surface area (Å²) >= 11 is 5.04. The van der Waals surface area contributed by atoms with E-state index in [0.29, 0.717) is 16.6 Å². The van der Waals surface area contributed by atoms with E-state index in [9.17, 15) is 9.90 Å². The fourth-order valence-electron chi connectivity index (χ4n) is 2.38. The molecule has 0 aliphatic rings. The number of ether oxygens (including phenoxy) is 1. The fraction of sp³-hybridized carbons (Fsp3) is 0.222. The molecule has 24 heavy (non-hydrogen) atoms. The fourth-order valence-corrected chi connectivity index (χ4v) is 3.61. The van der Waals surface area contributed by atoms with Crippen molar-refractivity contribution in [1.82, 2.24) is 4.98 Å². The first-order valence-corrected chi connectivity index (χ1v) is 9.32. The van der Waals surface area contributed by atoms with E-state index in [1.54, 1.807) is 17.4 Å². The largest absolute Gasteiger partial charge is 0.505 e. The van der Waals surface area contributed by atoms with E-state index in [2.05, 4.69) is 20.9 Å². The van der Waals surface area contributed by atoms with Crippen LogP contribution in [0.4, 0.5) is 0 Å². The maximum Gasteiger partial charge on any atom is 0.360 e. The van der Waals surface area contributed by atoms with Crippen LogP contribution in [-0.2, 0) is 4.74 Å². The molecule has 3 aromatic rings. The maximum atomic E-state index is 12.1. The quantitative estimate of drug-likeness (QED) is 0.351. The Morgan fingerprint density at radius 3 is 2.88 bits per heavy atom. The van der Waals surface area contributed by atoms with Gasteiger partial charge in [0, 0.05) is 15.6 Å². The highest BCUT2D eigenvalue weighted by Gasteiger charge is 2.20. The first-order valence-electron chi connectivity index (χ1n) is 7.65. The van der Waals surface area contributed by atoms with E-state index in [-0.39, 0.29) is 11.4 Å². The summed E-state index contributed by atoms with van der Waals surface area (Å²) in [6.07, 6.45) is 1.71. The number of fused-ring (bicyclic) bond motifs is 1. The molecule has 1 aromatic carbocycles. The van der Waals surface area contributed by atoms with Crippen molar-refractivity contribution in [3.05, 3.63) is 46.0 Å². The lowest BCUT2D eigenvalue weighted by Gasteiger charge is -2.10. The van der Waals surface area contributed by atoms with Crippen molar-refractivity contribution in [2.45, 2.75) is 19.8 Å². The van der Waals surface area contributed by atoms with Gasteiger partial charge in [-0.3, -0.25) is 0 Å². The van der Waals surface area contributed by atoms with Gasteiger partial charge in [-0.15, -0.1) is 11.3 Å². The zero-order valence-electron chi connectivity index (χ0n) is 13.1. The Balaban J connectivity index is 2.01. The van der Waals surface area contributed by atoms with Crippen LogP contribution < -0.4 is 0 Å². The van der Waals surface area contributed by atoms with Gasteiger partial charge in [-0.1, -0.05) is 25.5 Å². The zero-order chi connectivity index (χ0) is 17.1. The van der Waals surface area contributed by atoms with Gasteiger partial charge < -0.3 is 9.84 Å². The minimum absolute atomic E-state index is 0.0608. The normalized spacial score (nSPS) is 10.9. The number of hydrogen-bond acceptors (Lipinski definition) is 5. The molecule has 0 fully saturated rings. The Hall–Kier alpha value is -1.92. The van der Waals surface area contributed by atoms with Gasteiger partial charge in [0.15, 0.2) is 11.4 Å². The van der Waals surface area contributed by atoms with Crippen molar-refractivity contribution < 1.29 is 14.6 Å². The van der Waals surface area contributed by atoms with E-state index in [1.807, 2.05) is 36.6 Å². The lowest BCUT2D eigenvalue weighted by atomic mass is 10.1. The average molecular weight is 406 g/mol. The molecule has 124 valence electrons. The van der Waals surface area contributed by atoms with Crippen LogP contribution in [0.25, 0.3) is 21.2 Å². The lowest BCUT2D eigenvalue weighted by molar-refractivity contribution is 0.0489. The Bertz CT molecular complexity index is 878. The first-order chi connectivity index (χ1) is 11.6. The topological polar surface area (TPSA) is 59.4 Å². The predicted molar refractivity (Wildman–Crippen MR) is 99.6 cm³/mol. The SMILES string of the molecule is CCCCOC(=O)c1nc(Br)c2cc(-c3cccs3)ccc2c1O. The number of aromatic hydroxyl groups is 1. The predicted octanol–water partition coefficient (Wildman–Crippen LogP) is 5.39. The molecule has 2 heterocycles. The summed E-state index contributed by atoms with van der Waals surface area (Å²) in [5.41, 5.74) is 0.979.